The summed E-state index contributed by atoms with van der Waals surface area (Å²) in [6, 6.07) is 6.69. The zero-order valence-electron chi connectivity index (χ0n) is 12.7. The summed E-state index contributed by atoms with van der Waals surface area (Å²) in [5.74, 6) is 1.74. The van der Waals surface area contributed by atoms with E-state index >= 15 is 0 Å². The molecule has 0 bridgehead atoms. The fourth-order valence-electron chi connectivity index (χ4n) is 2.61. The van der Waals surface area contributed by atoms with Crippen LogP contribution in [0.1, 0.15) is 44.7 Å². The zero-order chi connectivity index (χ0) is 13.9. The fourth-order valence-corrected chi connectivity index (χ4v) is 2.61. The molecule has 2 nitrogen and oxygen atoms in total. The molecular weight excluding hydrogens is 236 g/mol. The number of rotatable bonds is 3. The van der Waals surface area contributed by atoms with Crippen molar-refractivity contribution in [3.05, 3.63) is 29.3 Å². The summed E-state index contributed by atoms with van der Waals surface area (Å²) in [4.78, 5) is 0. The predicted octanol–water partition coefficient (Wildman–Crippen LogP) is 3.96. The maximum Gasteiger partial charge on any atom is 0.119 e. The third-order valence-corrected chi connectivity index (χ3v) is 3.93. The van der Waals surface area contributed by atoms with Gasteiger partial charge in [-0.3, -0.25) is 0 Å². The smallest absolute Gasteiger partial charge is 0.119 e. The van der Waals surface area contributed by atoms with Crippen molar-refractivity contribution in [3.8, 4) is 5.75 Å². The summed E-state index contributed by atoms with van der Waals surface area (Å²) < 4.78 is 10.9. The van der Waals surface area contributed by atoms with Crippen LogP contribution in [0, 0.1) is 5.92 Å². The highest BCUT2D eigenvalue weighted by atomic mass is 16.5. The molecule has 0 spiro atoms. The molecule has 1 saturated heterocycles. The van der Waals surface area contributed by atoms with E-state index in [1.54, 1.807) is 7.11 Å². The van der Waals surface area contributed by atoms with Gasteiger partial charge in [0, 0.05) is 13.2 Å². The largest absolute Gasteiger partial charge is 0.497 e. The van der Waals surface area contributed by atoms with Gasteiger partial charge in [-0.1, -0.05) is 26.8 Å². The van der Waals surface area contributed by atoms with Crippen LogP contribution in [0.4, 0.5) is 0 Å². The van der Waals surface area contributed by atoms with Crippen LogP contribution in [-0.2, 0) is 16.6 Å². The summed E-state index contributed by atoms with van der Waals surface area (Å²) in [5, 5.41) is 0. The molecule has 0 N–H and O–H groups in total. The monoisotopic (exact) mass is 262 g/mol. The van der Waals surface area contributed by atoms with Crippen molar-refractivity contribution in [1.29, 1.82) is 0 Å². The quantitative estimate of drug-likeness (QED) is 0.821. The maximum atomic E-state index is 5.46. The van der Waals surface area contributed by atoms with Crippen LogP contribution in [0.3, 0.4) is 0 Å². The molecular formula is C17H26O2. The van der Waals surface area contributed by atoms with E-state index < -0.39 is 0 Å². The van der Waals surface area contributed by atoms with Crippen LogP contribution in [0.15, 0.2) is 18.2 Å². The number of benzene rings is 1. The van der Waals surface area contributed by atoms with E-state index in [0.717, 1.165) is 31.3 Å². The Hall–Kier alpha value is -1.02. The Bertz CT molecular complexity index is 412. The second kappa shape index (κ2) is 5.96. The third-order valence-electron chi connectivity index (χ3n) is 3.93. The third kappa shape index (κ3) is 3.97. The summed E-state index contributed by atoms with van der Waals surface area (Å²) in [5.41, 5.74) is 2.92. The predicted molar refractivity (Wildman–Crippen MR) is 78.9 cm³/mol. The minimum absolute atomic E-state index is 0.166. The minimum Gasteiger partial charge on any atom is -0.497 e. The lowest BCUT2D eigenvalue weighted by Gasteiger charge is -2.24. The van der Waals surface area contributed by atoms with Gasteiger partial charge >= 0.3 is 0 Å². The van der Waals surface area contributed by atoms with Crippen LogP contribution >= 0.6 is 0 Å². The van der Waals surface area contributed by atoms with Crippen LogP contribution in [-0.4, -0.2) is 20.3 Å². The molecule has 2 heteroatoms. The molecule has 1 aromatic rings. The van der Waals surface area contributed by atoms with Gasteiger partial charge in [0.2, 0.25) is 0 Å². The lowest BCUT2D eigenvalue weighted by Crippen LogP contribution is -2.18. The average Bonchev–Trinajstić information content (AvgIpc) is 2.38. The molecule has 0 aliphatic carbocycles. The molecule has 1 heterocycles. The van der Waals surface area contributed by atoms with E-state index in [1.165, 1.54) is 24.0 Å². The molecule has 0 amide bonds. The normalized spacial score (nSPS) is 17.5. The van der Waals surface area contributed by atoms with Crippen LogP contribution in [0.25, 0.3) is 0 Å². The van der Waals surface area contributed by atoms with Gasteiger partial charge in [0.25, 0.3) is 0 Å². The Labute approximate surface area is 117 Å². The zero-order valence-corrected chi connectivity index (χ0v) is 12.7. The Morgan fingerprint density at radius 3 is 2.42 bits per heavy atom. The van der Waals surface area contributed by atoms with Gasteiger partial charge in [0.15, 0.2) is 0 Å². The van der Waals surface area contributed by atoms with E-state index in [1.807, 2.05) is 0 Å². The molecule has 0 unspecified atom stereocenters. The van der Waals surface area contributed by atoms with E-state index in [9.17, 15) is 0 Å². The first-order valence-corrected chi connectivity index (χ1v) is 7.25. The van der Waals surface area contributed by atoms with Crippen LogP contribution < -0.4 is 4.74 Å². The molecule has 1 aliphatic rings. The second-order valence-corrected chi connectivity index (χ2v) is 6.58. The van der Waals surface area contributed by atoms with Crippen LogP contribution in [0.2, 0.25) is 0 Å². The van der Waals surface area contributed by atoms with E-state index in [0.29, 0.717) is 0 Å². The highest BCUT2D eigenvalue weighted by Crippen LogP contribution is 2.29. The first-order chi connectivity index (χ1) is 8.99. The Morgan fingerprint density at radius 1 is 1.16 bits per heavy atom. The summed E-state index contributed by atoms with van der Waals surface area (Å²) in [6.45, 7) is 8.58. The highest BCUT2D eigenvalue weighted by molar-refractivity contribution is 5.38. The number of hydrogen-bond donors (Lipinski definition) is 0. The molecule has 106 valence electrons. The Morgan fingerprint density at radius 2 is 1.84 bits per heavy atom. The van der Waals surface area contributed by atoms with E-state index in [4.69, 9.17) is 9.47 Å². The highest BCUT2D eigenvalue weighted by Gasteiger charge is 2.18. The maximum absolute atomic E-state index is 5.46. The first kappa shape index (κ1) is 14.4. The van der Waals surface area contributed by atoms with Gasteiger partial charge in [-0.05, 0) is 53.9 Å². The van der Waals surface area contributed by atoms with Crippen molar-refractivity contribution < 1.29 is 9.47 Å². The van der Waals surface area contributed by atoms with Gasteiger partial charge in [-0.2, -0.15) is 0 Å². The van der Waals surface area contributed by atoms with Crippen molar-refractivity contribution in [1.82, 2.24) is 0 Å². The Balaban J connectivity index is 2.19. The summed E-state index contributed by atoms with van der Waals surface area (Å²) in [6.07, 6.45) is 3.51. The molecule has 0 aromatic heterocycles. The fraction of sp³-hybridized carbons (Fsp3) is 0.647. The molecule has 0 saturated carbocycles. The molecule has 1 fully saturated rings. The second-order valence-electron chi connectivity index (χ2n) is 6.58. The standard InChI is InChI=1S/C17H26O2/c1-17(2,3)15-10-14(11-16(12-15)18-4)9-13-5-7-19-8-6-13/h10-13H,5-9H2,1-4H3. The van der Waals surface area contributed by atoms with Gasteiger partial charge in [0.05, 0.1) is 7.11 Å². The number of methoxy groups -OCH3 is 1. The van der Waals surface area contributed by atoms with Gasteiger partial charge < -0.3 is 9.47 Å². The Kier molecular flexibility index (Phi) is 4.51. The van der Waals surface area contributed by atoms with Gasteiger partial charge in [-0.15, -0.1) is 0 Å². The summed E-state index contributed by atoms with van der Waals surface area (Å²) >= 11 is 0. The van der Waals surface area contributed by atoms with E-state index in [-0.39, 0.29) is 5.41 Å². The first-order valence-electron chi connectivity index (χ1n) is 7.25. The molecule has 1 aromatic carbocycles. The van der Waals surface area contributed by atoms with E-state index in [2.05, 4.69) is 39.0 Å². The van der Waals surface area contributed by atoms with Crippen molar-refractivity contribution in [2.75, 3.05) is 20.3 Å². The SMILES string of the molecule is COc1cc(CC2CCOCC2)cc(C(C)(C)C)c1. The lowest BCUT2D eigenvalue weighted by molar-refractivity contribution is 0.0665. The number of hydrogen-bond acceptors (Lipinski definition) is 2. The van der Waals surface area contributed by atoms with Crippen molar-refractivity contribution in [2.45, 2.75) is 45.4 Å². The van der Waals surface area contributed by atoms with Gasteiger partial charge in [-0.25, -0.2) is 0 Å². The molecule has 0 atom stereocenters. The van der Waals surface area contributed by atoms with Crippen molar-refractivity contribution >= 4 is 0 Å². The lowest BCUT2D eigenvalue weighted by atomic mass is 9.84. The van der Waals surface area contributed by atoms with Gasteiger partial charge in [0.1, 0.15) is 5.75 Å². The number of ether oxygens (including phenoxy) is 2. The minimum atomic E-state index is 0.166. The molecule has 0 radical (unpaired) electrons. The average molecular weight is 262 g/mol. The molecule has 1 aliphatic heterocycles. The van der Waals surface area contributed by atoms with Crippen LogP contribution in [0.5, 0.6) is 5.75 Å². The summed E-state index contributed by atoms with van der Waals surface area (Å²) in [7, 11) is 1.75. The van der Waals surface area contributed by atoms with Crippen molar-refractivity contribution in [3.63, 3.8) is 0 Å². The topological polar surface area (TPSA) is 18.5 Å². The molecule has 19 heavy (non-hydrogen) atoms. The van der Waals surface area contributed by atoms with Crippen molar-refractivity contribution in [2.24, 2.45) is 5.92 Å². The molecule has 2 rings (SSSR count).